The van der Waals surface area contributed by atoms with Gasteiger partial charge < -0.3 is 19.4 Å². The van der Waals surface area contributed by atoms with Crippen molar-refractivity contribution >= 4 is 34.8 Å². The lowest BCUT2D eigenvalue weighted by atomic mass is 10.1. The van der Waals surface area contributed by atoms with Gasteiger partial charge in [0, 0.05) is 10.7 Å². The first kappa shape index (κ1) is 17.2. The summed E-state index contributed by atoms with van der Waals surface area (Å²) in [5.41, 5.74) is 2.07. The highest BCUT2D eigenvalue weighted by atomic mass is 35.5. The molecule has 3 aromatic rings. The number of rotatable bonds is 4. The molecule has 2 aromatic carbocycles. The van der Waals surface area contributed by atoms with Gasteiger partial charge in [0.2, 0.25) is 0 Å². The summed E-state index contributed by atoms with van der Waals surface area (Å²) in [6.45, 7) is 0.348. The van der Waals surface area contributed by atoms with Crippen LogP contribution >= 0.6 is 11.6 Å². The SMILES string of the molecule is O=C(Nc1ccc2c(c1)N(Cc1ccc(Cl)cc1)C(=O)CO2)c1ccco1. The Morgan fingerprint density at radius 3 is 2.70 bits per heavy atom. The van der Waals surface area contributed by atoms with E-state index >= 15 is 0 Å². The second-order valence-electron chi connectivity index (χ2n) is 6.01. The fourth-order valence-electron chi connectivity index (χ4n) is 2.83. The van der Waals surface area contributed by atoms with Gasteiger partial charge in [0.15, 0.2) is 12.4 Å². The number of halogens is 1. The van der Waals surface area contributed by atoms with Crippen LogP contribution in [0.2, 0.25) is 5.02 Å². The van der Waals surface area contributed by atoms with E-state index in [-0.39, 0.29) is 24.2 Å². The molecule has 0 bridgehead atoms. The maximum absolute atomic E-state index is 12.4. The van der Waals surface area contributed by atoms with Crippen molar-refractivity contribution in [1.82, 2.24) is 0 Å². The quantitative estimate of drug-likeness (QED) is 0.737. The predicted octanol–water partition coefficient (Wildman–Crippen LogP) is 4.11. The molecule has 0 fully saturated rings. The minimum absolute atomic E-state index is 0.0291. The Kier molecular flexibility index (Phi) is 4.56. The van der Waals surface area contributed by atoms with Crippen LogP contribution in [0.3, 0.4) is 0 Å². The molecule has 0 radical (unpaired) electrons. The first-order valence-corrected chi connectivity index (χ1v) is 8.64. The normalized spacial score (nSPS) is 13.1. The summed E-state index contributed by atoms with van der Waals surface area (Å²) in [6.07, 6.45) is 1.43. The van der Waals surface area contributed by atoms with E-state index in [4.69, 9.17) is 20.8 Å². The predicted molar refractivity (Wildman–Crippen MR) is 101 cm³/mol. The molecule has 0 saturated carbocycles. The number of benzene rings is 2. The molecule has 2 amide bonds. The molecule has 1 aromatic heterocycles. The number of nitrogens with zero attached hydrogens (tertiary/aromatic N) is 1. The summed E-state index contributed by atoms with van der Waals surface area (Å²) >= 11 is 5.93. The number of hydrogen-bond acceptors (Lipinski definition) is 4. The fraction of sp³-hybridized carbons (Fsp3) is 0.100. The van der Waals surface area contributed by atoms with Crippen molar-refractivity contribution in [3.8, 4) is 5.75 Å². The van der Waals surface area contributed by atoms with Gasteiger partial charge in [-0.1, -0.05) is 23.7 Å². The maximum atomic E-state index is 12.4. The van der Waals surface area contributed by atoms with Gasteiger partial charge in [-0.3, -0.25) is 9.59 Å². The zero-order chi connectivity index (χ0) is 18.8. The highest BCUT2D eigenvalue weighted by molar-refractivity contribution is 6.30. The topological polar surface area (TPSA) is 71.8 Å². The van der Waals surface area contributed by atoms with E-state index in [0.717, 1.165) is 5.56 Å². The van der Waals surface area contributed by atoms with Crippen LogP contribution in [-0.2, 0) is 11.3 Å². The summed E-state index contributed by atoms with van der Waals surface area (Å²) in [4.78, 5) is 26.2. The lowest BCUT2D eigenvalue weighted by molar-refractivity contribution is -0.121. The van der Waals surface area contributed by atoms with E-state index in [0.29, 0.717) is 28.7 Å². The minimum atomic E-state index is -0.368. The van der Waals surface area contributed by atoms with Crippen molar-refractivity contribution in [2.45, 2.75) is 6.54 Å². The average molecular weight is 383 g/mol. The number of hydrogen-bond donors (Lipinski definition) is 1. The summed E-state index contributed by atoms with van der Waals surface area (Å²) in [6, 6.07) is 15.7. The lowest BCUT2D eigenvalue weighted by Crippen LogP contribution is -2.38. The van der Waals surface area contributed by atoms with E-state index in [9.17, 15) is 9.59 Å². The Morgan fingerprint density at radius 1 is 1.15 bits per heavy atom. The van der Waals surface area contributed by atoms with Gasteiger partial charge in [-0.25, -0.2) is 0 Å². The second kappa shape index (κ2) is 7.17. The third kappa shape index (κ3) is 3.66. The number of furan rings is 1. The third-order valence-corrected chi connectivity index (χ3v) is 4.41. The van der Waals surface area contributed by atoms with Crippen LogP contribution in [0.5, 0.6) is 5.75 Å². The summed E-state index contributed by atoms with van der Waals surface area (Å²) in [7, 11) is 0. The zero-order valence-electron chi connectivity index (χ0n) is 14.1. The number of amides is 2. The van der Waals surface area contributed by atoms with Crippen molar-refractivity contribution in [1.29, 1.82) is 0 Å². The molecule has 1 N–H and O–H groups in total. The van der Waals surface area contributed by atoms with Gasteiger partial charge in [-0.2, -0.15) is 0 Å². The molecule has 27 heavy (non-hydrogen) atoms. The monoisotopic (exact) mass is 382 g/mol. The Labute approximate surface area is 160 Å². The van der Waals surface area contributed by atoms with Gasteiger partial charge in [-0.05, 0) is 48.0 Å². The standard InChI is InChI=1S/C20H15ClN2O4/c21-14-5-3-13(4-6-14)11-23-16-10-15(7-8-17(16)27-12-19(23)24)22-20(25)18-2-1-9-26-18/h1-10H,11-12H2,(H,22,25). The van der Waals surface area contributed by atoms with Gasteiger partial charge in [0.1, 0.15) is 5.75 Å². The summed E-state index contributed by atoms with van der Waals surface area (Å²) in [5.74, 6) is 0.261. The van der Waals surface area contributed by atoms with E-state index in [2.05, 4.69) is 5.32 Å². The van der Waals surface area contributed by atoms with E-state index in [1.54, 1.807) is 47.4 Å². The number of ether oxygens (including phenoxy) is 1. The molecule has 0 spiro atoms. The Morgan fingerprint density at radius 2 is 1.96 bits per heavy atom. The minimum Gasteiger partial charge on any atom is -0.482 e. The van der Waals surface area contributed by atoms with Gasteiger partial charge in [0.05, 0.1) is 18.5 Å². The van der Waals surface area contributed by atoms with Crippen molar-refractivity contribution in [2.75, 3.05) is 16.8 Å². The van der Waals surface area contributed by atoms with Crippen LogP contribution in [0, 0.1) is 0 Å². The van der Waals surface area contributed by atoms with Crippen molar-refractivity contribution in [2.24, 2.45) is 0 Å². The van der Waals surface area contributed by atoms with Crippen LogP contribution in [0.1, 0.15) is 16.1 Å². The molecule has 136 valence electrons. The second-order valence-corrected chi connectivity index (χ2v) is 6.45. The smallest absolute Gasteiger partial charge is 0.291 e. The van der Waals surface area contributed by atoms with Crippen molar-refractivity contribution in [3.05, 3.63) is 77.2 Å². The summed E-state index contributed by atoms with van der Waals surface area (Å²) < 4.78 is 10.6. The molecule has 0 atom stereocenters. The number of nitrogens with one attached hydrogen (secondary N) is 1. The van der Waals surface area contributed by atoms with Gasteiger partial charge >= 0.3 is 0 Å². The van der Waals surface area contributed by atoms with Crippen molar-refractivity contribution in [3.63, 3.8) is 0 Å². The van der Waals surface area contributed by atoms with Gasteiger partial charge in [-0.15, -0.1) is 0 Å². The van der Waals surface area contributed by atoms with Crippen LogP contribution in [0.25, 0.3) is 0 Å². The highest BCUT2D eigenvalue weighted by Gasteiger charge is 2.26. The molecular weight excluding hydrogens is 368 g/mol. The molecule has 2 heterocycles. The number of fused-ring (bicyclic) bond motifs is 1. The Bertz CT molecular complexity index is 984. The number of anilines is 2. The molecule has 1 aliphatic rings. The van der Waals surface area contributed by atoms with Crippen LogP contribution in [0.4, 0.5) is 11.4 Å². The lowest BCUT2D eigenvalue weighted by Gasteiger charge is -2.30. The highest BCUT2D eigenvalue weighted by Crippen LogP contribution is 2.35. The maximum Gasteiger partial charge on any atom is 0.291 e. The van der Waals surface area contributed by atoms with Crippen LogP contribution in [0.15, 0.2) is 65.3 Å². The summed E-state index contributed by atoms with van der Waals surface area (Å²) in [5, 5.41) is 3.39. The molecule has 7 heteroatoms. The first-order chi connectivity index (χ1) is 13.1. The van der Waals surface area contributed by atoms with E-state index in [1.165, 1.54) is 6.26 Å². The van der Waals surface area contributed by atoms with Crippen LogP contribution < -0.4 is 15.0 Å². The Hall–Kier alpha value is -3.25. The average Bonchev–Trinajstić information content (AvgIpc) is 3.21. The van der Waals surface area contributed by atoms with Crippen molar-refractivity contribution < 1.29 is 18.7 Å². The largest absolute Gasteiger partial charge is 0.482 e. The number of carbonyl (C=O) groups is 2. The van der Waals surface area contributed by atoms with Crippen LogP contribution in [-0.4, -0.2) is 18.4 Å². The molecular formula is C20H15ClN2O4. The molecule has 1 aliphatic heterocycles. The molecule has 0 aliphatic carbocycles. The molecule has 0 saturated heterocycles. The molecule has 6 nitrogen and oxygen atoms in total. The number of carbonyl (C=O) groups excluding carboxylic acids is 2. The van der Waals surface area contributed by atoms with E-state index in [1.807, 2.05) is 12.1 Å². The van der Waals surface area contributed by atoms with Gasteiger partial charge in [0.25, 0.3) is 11.8 Å². The Balaban J connectivity index is 1.61. The zero-order valence-corrected chi connectivity index (χ0v) is 14.9. The molecule has 4 rings (SSSR count). The van der Waals surface area contributed by atoms with E-state index < -0.39 is 0 Å². The fourth-order valence-corrected chi connectivity index (χ4v) is 2.95. The molecule has 0 unspecified atom stereocenters. The first-order valence-electron chi connectivity index (χ1n) is 8.27. The third-order valence-electron chi connectivity index (χ3n) is 4.16.